The number of anilines is 1. The number of fused-ring (bicyclic) bond motifs is 1. The lowest BCUT2D eigenvalue weighted by Crippen LogP contribution is -2.11. The van der Waals surface area contributed by atoms with Crippen molar-refractivity contribution in [3.8, 4) is 5.75 Å². The van der Waals surface area contributed by atoms with Gasteiger partial charge in [0, 0.05) is 4.53 Å². The third-order valence-corrected chi connectivity index (χ3v) is 6.16. The maximum absolute atomic E-state index is 12.2. The number of aromatic hydroxyl groups is 1. The van der Waals surface area contributed by atoms with Crippen LogP contribution in [0.25, 0.3) is 10.8 Å². The summed E-state index contributed by atoms with van der Waals surface area (Å²) in [5.74, 6) is -1.63. The maximum Gasteiger partial charge on any atom is 0.296 e. The van der Waals surface area contributed by atoms with E-state index in [9.17, 15) is 40.4 Å². The fourth-order valence-electron chi connectivity index (χ4n) is 2.76. The van der Waals surface area contributed by atoms with Crippen LogP contribution >= 0.6 is 0 Å². The van der Waals surface area contributed by atoms with Gasteiger partial charge < -0.3 is 10.0 Å². The van der Waals surface area contributed by atoms with Crippen molar-refractivity contribution in [1.82, 2.24) is 0 Å². The maximum atomic E-state index is 12.2. The summed E-state index contributed by atoms with van der Waals surface area (Å²) in [5.41, 5.74) is 0.613. The number of phenols is 1. The van der Waals surface area contributed by atoms with Crippen LogP contribution < -0.4 is 5.43 Å². The fourth-order valence-corrected chi connectivity index (χ4v) is 3.97. The molecule has 0 aliphatic carbocycles. The Balaban J connectivity index is 3.00. The molecule has 0 aromatic heterocycles. The first kappa shape index (κ1) is 28.2. The van der Waals surface area contributed by atoms with Crippen LogP contribution in [0.3, 0.4) is 0 Å². The number of nitrogens with zero attached hydrogens (tertiary/aromatic N) is 3. The third-order valence-electron chi connectivity index (χ3n) is 4.45. The van der Waals surface area contributed by atoms with E-state index < -0.39 is 52.9 Å². The molecule has 0 spiro atoms. The van der Waals surface area contributed by atoms with Gasteiger partial charge in [0.2, 0.25) is 5.78 Å². The highest BCUT2D eigenvalue weighted by atomic mass is 32.2. The molecular formula is C20H19FN4O9S2. The van der Waals surface area contributed by atoms with Crippen LogP contribution in [0, 0.1) is 0 Å². The number of azo groups is 1. The first-order chi connectivity index (χ1) is 16.8. The summed E-state index contributed by atoms with van der Waals surface area (Å²) in [6, 6.07) is 2.34. The number of rotatable bonds is 11. The van der Waals surface area contributed by atoms with Crippen molar-refractivity contribution in [3.05, 3.63) is 55.5 Å². The van der Waals surface area contributed by atoms with Crippen molar-refractivity contribution < 1.29 is 45.3 Å². The van der Waals surface area contributed by atoms with Crippen molar-refractivity contribution in [2.75, 3.05) is 5.43 Å². The lowest BCUT2D eigenvalue weighted by molar-refractivity contribution is -0.108. The highest BCUT2D eigenvalue weighted by Crippen LogP contribution is 2.44. The number of phenolic OH excluding ortho intramolecular Hbond substituents is 1. The summed E-state index contributed by atoms with van der Waals surface area (Å²) in [4.78, 5) is 13.5. The number of hydrazone groups is 1. The third kappa shape index (κ3) is 6.36. The molecule has 192 valence electrons. The molecule has 2 aromatic carbocycles. The van der Waals surface area contributed by atoms with Crippen LogP contribution in [0.2, 0.25) is 0 Å². The SMILES string of the molecule is C=CC(=O)C(C=C)=NNc1c(S(=O)(=O)O)cc2cc(S(=O)(=O)O)cc(N=N/C(=C\OF)CC)c2c1O. The van der Waals surface area contributed by atoms with Gasteiger partial charge in [0.25, 0.3) is 20.2 Å². The zero-order valence-corrected chi connectivity index (χ0v) is 20.0. The first-order valence-corrected chi connectivity index (χ1v) is 12.5. The largest absolute Gasteiger partial charge is 0.505 e. The van der Waals surface area contributed by atoms with Crippen LogP contribution in [-0.2, 0) is 30.0 Å². The predicted octanol–water partition coefficient (Wildman–Crippen LogP) is 3.98. The van der Waals surface area contributed by atoms with E-state index in [-0.39, 0.29) is 28.6 Å². The van der Waals surface area contributed by atoms with E-state index >= 15 is 0 Å². The minimum Gasteiger partial charge on any atom is -0.505 e. The van der Waals surface area contributed by atoms with E-state index in [1.165, 1.54) is 0 Å². The Kier molecular flexibility index (Phi) is 8.76. The second-order valence-corrected chi connectivity index (χ2v) is 9.53. The van der Waals surface area contributed by atoms with E-state index in [4.69, 9.17) is 0 Å². The number of allylic oxidation sites excluding steroid dienone is 3. The van der Waals surface area contributed by atoms with Gasteiger partial charge in [0.15, 0.2) is 12.0 Å². The normalized spacial score (nSPS) is 13.1. The van der Waals surface area contributed by atoms with Crippen LogP contribution in [0.1, 0.15) is 13.3 Å². The second-order valence-electron chi connectivity index (χ2n) is 6.72. The number of hydrogen-bond acceptors (Lipinski definition) is 11. The Hall–Kier alpha value is -3.99. The summed E-state index contributed by atoms with van der Waals surface area (Å²) in [5, 5.41) is 21.4. The number of benzene rings is 2. The van der Waals surface area contributed by atoms with Crippen LogP contribution in [0.5, 0.6) is 5.75 Å². The van der Waals surface area contributed by atoms with Crippen molar-refractivity contribution in [2.24, 2.45) is 15.3 Å². The number of halogens is 1. The van der Waals surface area contributed by atoms with Gasteiger partial charge >= 0.3 is 0 Å². The average molecular weight is 543 g/mol. The standard InChI is InChI=1S/C20H19FN4O9S2/c1-4-12(10-34-21)22-24-15-9-13(35(28,29)30)7-11-8-17(36(31,32)33)19(20(27)18(11)15)25-23-14(5-2)16(26)6-3/h5-10,25,27H,2-4H2,1H3,(H,28,29,30)(H,31,32,33)/b12-10-,23-14?,24-22?. The molecule has 0 radical (unpaired) electrons. The number of carbonyl (C=O) groups excluding carboxylic acids is 1. The predicted molar refractivity (Wildman–Crippen MR) is 127 cm³/mol. The molecule has 0 fully saturated rings. The monoisotopic (exact) mass is 542 g/mol. The lowest BCUT2D eigenvalue weighted by Gasteiger charge is -2.14. The molecule has 0 aliphatic rings. The van der Waals surface area contributed by atoms with E-state index in [2.05, 4.69) is 38.9 Å². The zero-order valence-electron chi connectivity index (χ0n) is 18.4. The Labute approximate surface area is 204 Å². The number of hydrogen-bond donors (Lipinski definition) is 4. The van der Waals surface area contributed by atoms with E-state index in [1.54, 1.807) is 6.92 Å². The van der Waals surface area contributed by atoms with Gasteiger partial charge in [0.1, 0.15) is 22.0 Å². The van der Waals surface area contributed by atoms with Gasteiger partial charge in [-0.3, -0.25) is 19.3 Å². The Morgan fingerprint density at radius 1 is 1.14 bits per heavy atom. The highest BCUT2D eigenvalue weighted by Gasteiger charge is 2.25. The minimum atomic E-state index is -5.08. The molecule has 0 heterocycles. The molecule has 36 heavy (non-hydrogen) atoms. The van der Waals surface area contributed by atoms with Crippen molar-refractivity contribution >= 4 is 53.9 Å². The smallest absolute Gasteiger partial charge is 0.296 e. The summed E-state index contributed by atoms with van der Waals surface area (Å²) < 4.78 is 79.0. The number of nitrogens with one attached hydrogen (secondary N) is 1. The minimum absolute atomic E-state index is 0.0570. The molecule has 0 saturated heterocycles. The van der Waals surface area contributed by atoms with Crippen LogP contribution in [-0.4, -0.2) is 42.5 Å². The fraction of sp³-hybridized carbons (Fsp3) is 0.100. The molecule has 2 aromatic rings. The lowest BCUT2D eigenvalue weighted by atomic mass is 10.1. The molecule has 0 amide bonds. The molecule has 0 aliphatic heterocycles. The van der Waals surface area contributed by atoms with Gasteiger partial charge in [-0.15, -0.1) is 5.11 Å². The van der Waals surface area contributed by atoms with E-state index in [0.29, 0.717) is 6.26 Å². The Morgan fingerprint density at radius 2 is 1.81 bits per heavy atom. The number of carbonyl (C=O) groups is 1. The highest BCUT2D eigenvalue weighted by molar-refractivity contribution is 7.86. The Morgan fingerprint density at radius 3 is 2.31 bits per heavy atom. The van der Waals surface area contributed by atoms with Crippen molar-refractivity contribution in [2.45, 2.75) is 23.1 Å². The van der Waals surface area contributed by atoms with Gasteiger partial charge in [0.05, 0.1) is 16.0 Å². The molecule has 0 saturated carbocycles. The zero-order chi connectivity index (χ0) is 27.3. The topological polar surface area (TPSA) is 204 Å². The summed E-state index contributed by atoms with van der Waals surface area (Å²) >= 11 is 0. The van der Waals surface area contributed by atoms with E-state index in [0.717, 1.165) is 30.4 Å². The van der Waals surface area contributed by atoms with Gasteiger partial charge in [-0.05, 0) is 42.2 Å². The summed E-state index contributed by atoms with van der Waals surface area (Å²) in [6.07, 6.45) is 2.61. The van der Waals surface area contributed by atoms with Crippen molar-refractivity contribution in [3.63, 3.8) is 0 Å². The molecule has 16 heteroatoms. The molecular weight excluding hydrogens is 523 g/mol. The summed E-state index contributed by atoms with van der Waals surface area (Å²) in [6.45, 7) is 8.21. The first-order valence-electron chi connectivity index (χ1n) is 9.58. The molecule has 13 nitrogen and oxygen atoms in total. The van der Waals surface area contributed by atoms with Crippen LogP contribution in [0.15, 0.2) is 80.6 Å². The van der Waals surface area contributed by atoms with E-state index in [1.807, 2.05) is 0 Å². The molecule has 2 rings (SSSR count). The van der Waals surface area contributed by atoms with Gasteiger partial charge in [-0.2, -0.15) is 27.1 Å². The molecule has 4 N–H and O–H groups in total. The van der Waals surface area contributed by atoms with Crippen LogP contribution in [0.4, 0.5) is 15.9 Å². The molecule has 0 bridgehead atoms. The quantitative estimate of drug-likeness (QED) is 0.0611. The second kappa shape index (κ2) is 11.2. The van der Waals surface area contributed by atoms with Crippen molar-refractivity contribution in [1.29, 1.82) is 0 Å². The Bertz CT molecular complexity index is 1550. The van der Waals surface area contributed by atoms with Gasteiger partial charge in [-0.25, -0.2) is 0 Å². The summed E-state index contributed by atoms with van der Waals surface area (Å²) in [7, 11) is -9.95. The van der Waals surface area contributed by atoms with Gasteiger partial charge in [-0.1, -0.05) is 20.1 Å². The average Bonchev–Trinajstić information content (AvgIpc) is 2.80. The molecule has 0 atom stereocenters. The molecule has 0 unspecified atom stereocenters. The number of ketones is 1.